The molecule has 12 heavy (non-hydrogen) atoms. The van der Waals surface area contributed by atoms with Gasteiger partial charge in [0.2, 0.25) is 0 Å². The molecule has 0 saturated heterocycles. The zero-order valence-corrected chi connectivity index (χ0v) is 7.68. The summed E-state index contributed by atoms with van der Waals surface area (Å²) in [5, 5.41) is 1.41. The molecule has 1 heterocycles. The topological polar surface area (TPSA) is 12.9 Å². The Morgan fingerprint density at radius 3 is 2.92 bits per heavy atom. The van der Waals surface area contributed by atoms with Gasteiger partial charge in [-0.05, 0) is 12.1 Å². The van der Waals surface area contributed by atoms with Gasteiger partial charge in [-0.1, -0.05) is 22.0 Å². The summed E-state index contributed by atoms with van der Waals surface area (Å²) < 4.78 is 14.0. The molecule has 0 N–H and O–H groups in total. The van der Waals surface area contributed by atoms with E-state index in [9.17, 15) is 4.39 Å². The summed E-state index contributed by atoms with van der Waals surface area (Å²) in [4.78, 5) is 3.75. The van der Waals surface area contributed by atoms with Crippen molar-refractivity contribution in [3.05, 3.63) is 40.9 Å². The van der Waals surface area contributed by atoms with Gasteiger partial charge < -0.3 is 0 Å². The van der Waals surface area contributed by atoms with Crippen molar-refractivity contribution in [2.45, 2.75) is 0 Å². The second-order valence-corrected chi connectivity index (χ2v) is 3.40. The van der Waals surface area contributed by atoms with Crippen LogP contribution >= 0.6 is 15.9 Å². The lowest BCUT2D eigenvalue weighted by atomic mass is 10.2. The highest BCUT2D eigenvalue weighted by Crippen LogP contribution is 2.20. The maximum absolute atomic E-state index is 13.1. The minimum absolute atomic E-state index is 0.284. The van der Waals surface area contributed by atoms with Crippen LogP contribution in [0.5, 0.6) is 0 Å². The molecule has 0 aliphatic carbocycles. The Labute approximate surface area is 77.4 Å². The fourth-order valence-corrected chi connectivity index (χ4v) is 1.46. The van der Waals surface area contributed by atoms with E-state index in [-0.39, 0.29) is 5.82 Å². The number of rotatable bonds is 0. The van der Waals surface area contributed by atoms with Crippen LogP contribution in [0.4, 0.5) is 4.39 Å². The summed E-state index contributed by atoms with van der Waals surface area (Å²) in [6, 6.07) is 5.44. The van der Waals surface area contributed by atoms with Crippen molar-refractivity contribution in [1.82, 2.24) is 4.98 Å². The molecule has 0 saturated carbocycles. The third kappa shape index (κ3) is 1.20. The van der Waals surface area contributed by atoms with E-state index in [1.165, 1.54) is 6.20 Å². The van der Waals surface area contributed by atoms with Gasteiger partial charge in [-0.25, -0.2) is 4.39 Å². The molecule has 1 aromatic carbocycles. The van der Waals surface area contributed by atoms with E-state index in [0.29, 0.717) is 5.39 Å². The number of halogens is 2. The van der Waals surface area contributed by atoms with Crippen LogP contribution in [-0.4, -0.2) is 4.98 Å². The largest absolute Gasteiger partial charge is 0.261 e. The first kappa shape index (κ1) is 7.68. The predicted molar refractivity (Wildman–Crippen MR) is 49.4 cm³/mol. The summed E-state index contributed by atoms with van der Waals surface area (Å²) in [6.45, 7) is 0. The van der Waals surface area contributed by atoms with Gasteiger partial charge >= 0.3 is 0 Å². The second kappa shape index (κ2) is 2.83. The Hall–Kier alpha value is -0.960. The van der Waals surface area contributed by atoms with Gasteiger partial charge in [0, 0.05) is 21.4 Å². The number of benzene rings is 1. The Bertz CT molecular complexity index is 428. The molecular formula is C9H5BrFN. The quantitative estimate of drug-likeness (QED) is 0.672. The van der Waals surface area contributed by atoms with Crippen molar-refractivity contribution in [1.29, 1.82) is 0 Å². The Balaban J connectivity index is 2.88. The van der Waals surface area contributed by atoms with Crippen molar-refractivity contribution in [2.75, 3.05) is 0 Å². The molecule has 60 valence electrons. The zero-order valence-electron chi connectivity index (χ0n) is 6.09. The van der Waals surface area contributed by atoms with Gasteiger partial charge in [-0.15, -0.1) is 0 Å². The van der Waals surface area contributed by atoms with Crippen LogP contribution in [0.15, 0.2) is 35.1 Å². The van der Waals surface area contributed by atoms with Gasteiger partial charge in [-0.3, -0.25) is 4.98 Å². The normalized spacial score (nSPS) is 10.5. The standard InChI is InChI=1S/C9H5BrFN/c10-7-2-1-6-4-12-5-9(11)8(6)3-7/h1-5H. The molecule has 0 aliphatic rings. The maximum Gasteiger partial charge on any atom is 0.149 e. The van der Waals surface area contributed by atoms with Crippen LogP contribution in [-0.2, 0) is 0 Å². The number of hydrogen-bond donors (Lipinski definition) is 0. The lowest BCUT2D eigenvalue weighted by molar-refractivity contribution is 0.634. The van der Waals surface area contributed by atoms with Gasteiger partial charge in [-0.2, -0.15) is 0 Å². The molecule has 1 nitrogen and oxygen atoms in total. The first-order valence-corrected chi connectivity index (χ1v) is 4.25. The van der Waals surface area contributed by atoms with Gasteiger partial charge in [0.15, 0.2) is 0 Å². The molecule has 0 atom stereocenters. The van der Waals surface area contributed by atoms with Crippen LogP contribution < -0.4 is 0 Å². The molecule has 3 heteroatoms. The van der Waals surface area contributed by atoms with Crippen LogP contribution in [0.25, 0.3) is 10.8 Å². The van der Waals surface area contributed by atoms with Crippen LogP contribution in [0.1, 0.15) is 0 Å². The fourth-order valence-electron chi connectivity index (χ4n) is 1.10. The van der Waals surface area contributed by atoms with E-state index in [0.717, 1.165) is 9.86 Å². The van der Waals surface area contributed by atoms with E-state index in [4.69, 9.17) is 0 Å². The minimum atomic E-state index is -0.284. The lowest BCUT2D eigenvalue weighted by Crippen LogP contribution is -1.81. The number of pyridine rings is 1. The monoisotopic (exact) mass is 225 g/mol. The summed E-state index contributed by atoms with van der Waals surface area (Å²) in [6.07, 6.45) is 2.86. The first-order chi connectivity index (χ1) is 5.77. The summed E-state index contributed by atoms with van der Waals surface area (Å²) in [5.74, 6) is -0.284. The first-order valence-electron chi connectivity index (χ1n) is 3.46. The van der Waals surface area contributed by atoms with Crippen molar-refractivity contribution in [3.8, 4) is 0 Å². The Morgan fingerprint density at radius 2 is 2.08 bits per heavy atom. The van der Waals surface area contributed by atoms with E-state index in [1.54, 1.807) is 12.3 Å². The molecule has 0 unspecified atom stereocenters. The maximum atomic E-state index is 13.1. The molecule has 1 aromatic heterocycles. The van der Waals surface area contributed by atoms with E-state index >= 15 is 0 Å². The molecule has 2 aromatic rings. The molecular weight excluding hydrogens is 221 g/mol. The van der Waals surface area contributed by atoms with Crippen molar-refractivity contribution in [2.24, 2.45) is 0 Å². The molecule has 2 rings (SSSR count). The molecule has 0 amide bonds. The number of nitrogens with zero attached hydrogens (tertiary/aromatic N) is 1. The second-order valence-electron chi connectivity index (χ2n) is 2.49. The van der Waals surface area contributed by atoms with Crippen LogP contribution in [0.2, 0.25) is 0 Å². The van der Waals surface area contributed by atoms with E-state index < -0.39 is 0 Å². The smallest absolute Gasteiger partial charge is 0.149 e. The van der Waals surface area contributed by atoms with E-state index in [2.05, 4.69) is 20.9 Å². The van der Waals surface area contributed by atoms with Crippen LogP contribution in [0.3, 0.4) is 0 Å². The lowest BCUT2D eigenvalue weighted by Gasteiger charge is -1.97. The van der Waals surface area contributed by atoms with Crippen molar-refractivity contribution >= 4 is 26.7 Å². The Morgan fingerprint density at radius 1 is 1.25 bits per heavy atom. The SMILES string of the molecule is Fc1cncc2ccc(Br)cc12. The Kier molecular flexibility index (Phi) is 1.81. The molecule has 0 fully saturated rings. The average Bonchev–Trinajstić information content (AvgIpc) is 2.07. The van der Waals surface area contributed by atoms with Gasteiger partial charge in [0.1, 0.15) is 5.82 Å². The zero-order chi connectivity index (χ0) is 8.55. The predicted octanol–water partition coefficient (Wildman–Crippen LogP) is 3.14. The average molecular weight is 226 g/mol. The summed E-state index contributed by atoms with van der Waals surface area (Å²) in [5.41, 5.74) is 0. The summed E-state index contributed by atoms with van der Waals surface area (Å²) >= 11 is 3.28. The van der Waals surface area contributed by atoms with E-state index in [1.807, 2.05) is 12.1 Å². The highest BCUT2D eigenvalue weighted by atomic mass is 79.9. The number of fused-ring (bicyclic) bond motifs is 1. The number of aromatic nitrogens is 1. The highest BCUT2D eigenvalue weighted by molar-refractivity contribution is 9.10. The number of hydrogen-bond acceptors (Lipinski definition) is 1. The summed E-state index contributed by atoms with van der Waals surface area (Å²) in [7, 11) is 0. The molecule has 0 aliphatic heterocycles. The minimum Gasteiger partial charge on any atom is -0.261 e. The van der Waals surface area contributed by atoms with Crippen molar-refractivity contribution < 1.29 is 4.39 Å². The van der Waals surface area contributed by atoms with Crippen LogP contribution in [0, 0.1) is 5.82 Å². The molecule has 0 bridgehead atoms. The molecule has 0 radical (unpaired) electrons. The van der Waals surface area contributed by atoms with Crippen molar-refractivity contribution in [3.63, 3.8) is 0 Å². The van der Waals surface area contributed by atoms with Gasteiger partial charge in [0.25, 0.3) is 0 Å². The highest BCUT2D eigenvalue weighted by Gasteiger charge is 1.99. The third-order valence-corrected chi connectivity index (χ3v) is 2.17. The third-order valence-electron chi connectivity index (χ3n) is 1.67. The molecule has 0 spiro atoms. The van der Waals surface area contributed by atoms with Gasteiger partial charge in [0.05, 0.1) is 6.20 Å². The fraction of sp³-hybridized carbons (Fsp3) is 0.